The molecule has 0 aliphatic rings. The number of carboxylic acid groups (broad SMARTS) is 1. The Morgan fingerprint density at radius 3 is 2.52 bits per heavy atom. The van der Waals surface area contributed by atoms with E-state index in [0.29, 0.717) is 33.7 Å². The zero-order valence-electron chi connectivity index (χ0n) is 12.7. The minimum Gasteiger partial charge on any atom is -0.497 e. The first-order valence-corrected chi connectivity index (χ1v) is 6.99. The molecule has 0 radical (unpaired) electrons. The van der Waals surface area contributed by atoms with E-state index < -0.39 is 5.97 Å². The monoisotopic (exact) mass is 309 g/mol. The number of aromatic nitrogens is 1. The lowest BCUT2D eigenvalue weighted by Crippen LogP contribution is -2.01. The second-order valence-corrected chi connectivity index (χ2v) is 4.94. The molecule has 0 atom stereocenters. The van der Waals surface area contributed by atoms with E-state index in [-0.39, 0.29) is 5.56 Å². The van der Waals surface area contributed by atoms with E-state index in [1.54, 1.807) is 56.7 Å². The predicted octanol–water partition coefficient (Wildman–Crippen LogP) is 3.62. The number of ether oxygens (including phenoxy) is 2. The Kier molecular flexibility index (Phi) is 3.85. The van der Waals surface area contributed by atoms with Gasteiger partial charge in [-0.3, -0.25) is 0 Å². The summed E-state index contributed by atoms with van der Waals surface area (Å²) in [6.45, 7) is 0. The smallest absolute Gasteiger partial charge is 0.336 e. The molecule has 5 heteroatoms. The fraction of sp³-hybridized carbons (Fsp3) is 0.111. The van der Waals surface area contributed by atoms with Crippen molar-refractivity contribution in [1.29, 1.82) is 0 Å². The van der Waals surface area contributed by atoms with Crippen LogP contribution in [0.4, 0.5) is 0 Å². The molecule has 0 amide bonds. The minimum absolute atomic E-state index is 0.204. The number of hydrogen-bond acceptors (Lipinski definition) is 4. The van der Waals surface area contributed by atoms with Crippen molar-refractivity contribution in [3.05, 3.63) is 54.1 Å². The summed E-state index contributed by atoms with van der Waals surface area (Å²) in [5, 5.41) is 10.1. The fourth-order valence-corrected chi connectivity index (χ4v) is 2.50. The third-order valence-electron chi connectivity index (χ3n) is 3.63. The lowest BCUT2D eigenvalue weighted by molar-refractivity contribution is 0.0699. The van der Waals surface area contributed by atoms with E-state index in [2.05, 4.69) is 4.98 Å². The largest absolute Gasteiger partial charge is 0.497 e. The maximum absolute atomic E-state index is 11.6. The van der Waals surface area contributed by atoms with Crippen molar-refractivity contribution in [3.63, 3.8) is 0 Å². The molecule has 5 nitrogen and oxygen atoms in total. The third-order valence-corrected chi connectivity index (χ3v) is 3.63. The zero-order chi connectivity index (χ0) is 16.4. The fourth-order valence-electron chi connectivity index (χ4n) is 2.50. The molecule has 0 bridgehead atoms. The van der Waals surface area contributed by atoms with E-state index in [9.17, 15) is 9.90 Å². The van der Waals surface area contributed by atoms with Gasteiger partial charge in [0, 0.05) is 10.9 Å². The van der Waals surface area contributed by atoms with Gasteiger partial charge in [-0.2, -0.15) is 0 Å². The maximum atomic E-state index is 11.6. The average molecular weight is 309 g/mol. The van der Waals surface area contributed by atoms with Gasteiger partial charge in [-0.05, 0) is 30.3 Å². The highest BCUT2D eigenvalue weighted by atomic mass is 16.5. The Bertz CT molecular complexity index is 889. The van der Waals surface area contributed by atoms with Gasteiger partial charge < -0.3 is 14.6 Å². The van der Waals surface area contributed by atoms with E-state index >= 15 is 0 Å². The van der Waals surface area contributed by atoms with Gasteiger partial charge in [0.2, 0.25) is 0 Å². The van der Waals surface area contributed by atoms with Crippen LogP contribution in [0.2, 0.25) is 0 Å². The van der Waals surface area contributed by atoms with Crippen molar-refractivity contribution in [2.45, 2.75) is 0 Å². The van der Waals surface area contributed by atoms with Crippen LogP contribution in [0, 0.1) is 0 Å². The number of rotatable bonds is 4. The third kappa shape index (κ3) is 2.68. The van der Waals surface area contributed by atoms with E-state index in [1.165, 1.54) is 0 Å². The summed E-state index contributed by atoms with van der Waals surface area (Å²) in [5.41, 5.74) is 2.03. The van der Waals surface area contributed by atoms with Gasteiger partial charge in [-0.1, -0.05) is 18.2 Å². The molecule has 0 spiro atoms. The van der Waals surface area contributed by atoms with Crippen LogP contribution in [0.15, 0.2) is 48.5 Å². The van der Waals surface area contributed by atoms with Gasteiger partial charge >= 0.3 is 5.97 Å². The molecule has 0 aliphatic heterocycles. The Labute approximate surface area is 133 Å². The van der Waals surface area contributed by atoms with Gasteiger partial charge in [-0.15, -0.1) is 0 Å². The summed E-state index contributed by atoms with van der Waals surface area (Å²) in [5.74, 6) is 0.254. The van der Waals surface area contributed by atoms with Gasteiger partial charge in [0.1, 0.15) is 11.5 Å². The van der Waals surface area contributed by atoms with E-state index in [4.69, 9.17) is 9.47 Å². The van der Waals surface area contributed by atoms with Crippen LogP contribution < -0.4 is 9.47 Å². The molecule has 0 unspecified atom stereocenters. The van der Waals surface area contributed by atoms with Gasteiger partial charge in [0.25, 0.3) is 0 Å². The summed E-state index contributed by atoms with van der Waals surface area (Å²) in [4.78, 5) is 16.2. The quantitative estimate of drug-likeness (QED) is 0.797. The van der Waals surface area contributed by atoms with Crippen molar-refractivity contribution in [1.82, 2.24) is 4.98 Å². The van der Waals surface area contributed by atoms with Crippen LogP contribution in [0.25, 0.3) is 22.2 Å². The van der Waals surface area contributed by atoms with Crippen LogP contribution in [0.1, 0.15) is 10.4 Å². The van der Waals surface area contributed by atoms with Crippen LogP contribution >= 0.6 is 0 Å². The number of carbonyl (C=O) groups is 1. The molecular weight excluding hydrogens is 294 g/mol. The molecule has 1 heterocycles. The van der Waals surface area contributed by atoms with Crippen molar-refractivity contribution in [2.24, 2.45) is 0 Å². The summed E-state index contributed by atoms with van der Waals surface area (Å²) in [7, 11) is 3.13. The number of nitrogens with zero attached hydrogens (tertiary/aromatic N) is 1. The second-order valence-electron chi connectivity index (χ2n) is 4.94. The van der Waals surface area contributed by atoms with Crippen LogP contribution in [-0.2, 0) is 0 Å². The molecule has 0 fully saturated rings. The average Bonchev–Trinajstić information content (AvgIpc) is 2.60. The maximum Gasteiger partial charge on any atom is 0.336 e. The molecule has 1 aromatic heterocycles. The number of fused-ring (bicyclic) bond motifs is 1. The van der Waals surface area contributed by atoms with Gasteiger partial charge in [0.05, 0.1) is 31.0 Å². The summed E-state index contributed by atoms with van der Waals surface area (Å²) in [6, 6.07) is 14.0. The summed E-state index contributed by atoms with van der Waals surface area (Å²) in [6.07, 6.45) is 0. The topological polar surface area (TPSA) is 68.7 Å². The molecule has 0 saturated carbocycles. The molecule has 0 aliphatic carbocycles. The number of pyridine rings is 1. The highest BCUT2D eigenvalue weighted by Crippen LogP contribution is 2.34. The summed E-state index contributed by atoms with van der Waals surface area (Å²) < 4.78 is 10.6. The second kappa shape index (κ2) is 5.96. The Morgan fingerprint density at radius 2 is 1.83 bits per heavy atom. The number of methoxy groups -OCH3 is 2. The van der Waals surface area contributed by atoms with Crippen LogP contribution in [0.5, 0.6) is 11.5 Å². The van der Waals surface area contributed by atoms with Crippen molar-refractivity contribution < 1.29 is 19.4 Å². The first kappa shape index (κ1) is 14.8. The first-order chi connectivity index (χ1) is 11.1. The van der Waals surface area contributed by atoms with Crippen LogP contribution in [-0.4, -0.2) is 30.3 Å². The van der Waals surface area contributed by atoms with E-state index in [1.807, 2.05) is 6.07 Å². The number of para-hydroxylation sites is 1. The highest BCUT2D eigenvalue weighted by Gasteiger charge is 2.15. The zero-order valence-corrected chi connectivity index (χ0v) is 12.7. The number of aromatic carboxylic acids is 1. The molecule has 2 aromatic carbocycles. The van der Waals surface area contributed by atoms with Crippen LogP contribution in [0.3, 0.4) is 0 Å². The minimum atomic E-state index is -0.994. The number of benzene rings is 2. The van der Waals surface area contributed by atoms with E-state index in [0.717, 1.165) is 0 Å². The molecular formula is C18H15NO4. The Balaban J connectivity index is 2.30. The summed E-state index contributed by atoms with van der Waals surface area (Å²) >= 11 is 0. The molecule has 116 valence electrons. The van der Waals surface area contributed by atoms with Crippen molar-refractivity contribution in [3.8, 4) is 22.8 Å². The predicted molar refractivity (Wildman–Crippen MR) is 87.2 cm³/mol. The number of carboxylic acids is 1. The van der Waals surface area contributed by atoms with Crippen molar-refractivity contribution in [2.75, 3.05) is 14.2 Å². The Morgan fingerprint density at radius 1 is 1.04 bits per heavy atom. The number of hydrogen-bond donors (Lipinski definition) is 1. The molecule has 1 N–H and O–H groups in total. The van der Waals surface area contributed by atoms with Gasteiger partial charge in [-0.25, -0.2) is 9.78 Å². The molecule has 0 saturated heterocycles. The molecule has 23 heavy (non-hydrogen) atoms. The lowest BCUT2D eigenvalue weighted by Gasteiger charge is -2.12. The standard InChI is InChI=1S/C18H15NO4/c1-22-11-7-8-17(23-2)14(9-11)16-10-13(18(20)21)12-5-3-4-6-15(12)19-16/h3-10H,1-2H3,(H,20,21). The Hall–Kier alpha value is -3.08. The highest BCUT2D eigenvalue weighted by molar-refractivity contribution is 6.03. The normalized spacial score (nSPS) is 10.5. The van der Waals surface area contributed by atoms with Gasteiger partial charge in [0.15, 0.2) is 0 Å². The SMILES string of the molecule is COc1ccc(OC)c(-c2cc(C(=O)O)c3ccccc3n2)c1. The lowest BCUT2D eigenvalue weighted by atomic mass is 10.0. The molecule has 3 rings (SSSR count). The van der Waals surface area contributed by atoms with Crippen molar-refractivity contribution >= 4 is 16.9 Å². The first-order valence-electron chi connectivity index (χ1n) is 6.99. The molecule has 3 aromatic rings.